The molecule has 0 saturated carbocycles. The van der Waals surface area contributed by atoms with Crippen LogP contribution in [0.2, 0.25) is 0 Å². The van der Waals surface area contributed by atoms with Gasteiger partial charge in [0.25, 0.3) is 5.91 Å². The van der Waals surface area contributed by atoms with Gasteiger partial charge in [0.1, 0.15) is 0 Å². The molecule has 0 radical (unpaired) electrons. The first kappa shape index (κ1) is 17.6. The minimum Gasteiger partial charge on any atom is -0.454 e. The molecule has 2 aromatic carbocycles. The van der Waals surface area contributed by atoms with Crippen LogP contribution < -0.4 is 14.4 Å². The number of anilines is 1. The second kappa shape index (κ2) is 6.42. The number of carbonyl (C=O) groups is 1. The van der Waals surface area contributed by atoms with Crippen molar-refractivity contribution >= 4 is 21.4 Å². The summed E-state index contributed by atoms with van der Waals surface area (Å²) in [5.74, 6) is 0.685. The maximum Gasteiger partial charge on any atom is 0.258 e. The average Bonchev–Trinajstić information content (AvgIpc) is 3.19. The molecular weight excluding hydrogens is 366 g/mol. The zero-order valence-electron chi connectivity index (χ0n) is 15.0. The normalized spacial score (nSPS) is 19.3. The monoisotopic (exact) mass is 385 g/mol. The molecule has 0 bridgehead atoms. The highest BCUT2D eigenvalue weighted by atomic mass is 32.2. The van der Waals surface area contributed by atoms with Crippen molar-refractivity contribution in [3.63, 3.8) is 0 Å². The number of nitrogens with zero attached hydrogens (tertiary/aromatic N) is 1. The summed E-state index contributed by atoms with van der Waals surface area (Å²) in [6.07, 6.45) is 1.57. The topological polar surface area (TPSA) is 72.9 Å². The summed E-state index contributed by atoms with van der Waals surface area (Å²) in [7, 11) is -3.31. The molecule has 0 unspecified atom stereocenters. The Kier molecular flexibility index (Phi) is 4.19. The minimum atomic E-state index is -3.31. The molecule has 4 rings (SSSR count). The standard InChI is InChI=1S/C20H19NO5S/c1-13-7-14(2)9-17(8-13)21(16-5-6-27(23,24)11-16)20(22)15-3-4-18-19(10-15)26-12-25-18/h3-10,16H,11-12H2,1-2H3/t16-/m1/s1. The lowest BCUT2D eigenvalue weighted by Crippen LogP contribution is -2.41. The van der Waals surface area contributed by atoms with Crippen molar-refractivity contribution in [3.8, 4) is 11.5 Å². The molecule has 2 aromatic rings. The van der Waals surface area contributed by atoms with Crippen LogP contribution in [0, 0.1) is 13.8 Å². The number of hydrogen-bond acceptors (Lipinski definition) is 5. The van der Waals surface area contributed by atoms with Gasteiger partial charge in [-0.3, -0.25) is 4.79 Å². The predicted octanol–water partition coefficient (Wildman–Crippen LogP) is 2.99. The molecule has 27 heavy (non-hydrogen) atoms. The number of hydrogen-bond donors (Lipinski definition) is 0. The fraction of sp³-hybridized carbons (Fsp3) is 0.250. The number of ether oxygens (including phenoxy) is 2. The van der Waals surface area contributed by atoms with Gasteiger partial charge in [0, 0.05) is 16.7 Å². The summed E-state index contributed by atoms with van der Waals surface area (Å²) < 4.78 is 34.6. The molecule has 0 spiro atoms. The molecule has 0 aliphatic carbocycles. The van der Waals surface area contributed by atoms with Crippen molar-refractivity contribution < 1.29 is 22.7 Å². The van der Waals surface area contributed by atoms with E-state index in [1.807, 2.05) is 32.0 Å². The molecule has 2 heterocycles. The molecule has 140 valence electrons. The van der Waals surface area contributed by atoms with Crippen molar-refractivity contribution in [1.29, 1.82) is 0 Å². The number of sulfone groups is 1. The van der Waals surface area contributed by atoms with Crippen LogP contribution in [-0.4, -0.2) is 32.9 Å². The van der Waals surface area contributed by atoms with Crippen LogP contribution in [0.4, 0.5) is 5.69 Å². The van der Waals surface area contributed by atoms with E-state index in [4.69, 9.17) is 9.47 Å². The van der Waals surface area contributed by atoms with Crippen molar-refractivity contribution in [1.82, 2.24) is 0 Å². The zero-order valence-corrected chi connectivity index (χ0v) is 15.8. The Labute approximate surface area is 157 Å². The van der Waals surface area contributed by atoms with Gasteiger partial charge in [-0.05, 0) is 61.4 Å². The molecule has 0 N–H and O–H groups in total. The van der Waals surface area contributed by atoms with Crippen LogP contribution in [0.25, 0.3) is 0 Å². The van der Waals surface area contributed by atoms with Crippen LogP contribution in [0.3, 0.4) is 0 Å². The first-order valence-corrected chi connectivity index (χ1v) is 10.3. The lowest BCUT2D eigenvalue weighted by atomic mass is 10.1. The van der Waals surface area contributed by atoms with E-state index >= 15 is 0 Å². The number of benzene rings is 2. The van der Waals surface area contributed by atoms with Gasteiger partial charge < -0.3 is 14.4 Å². The highest BCUT2D eigenvalue weighted by molar-refractivity contribution is 7.94. The van der Waals surface area contributed by atoms with E-state index in [2.05, 4.69) is 0 Å². The van der Waals surface area contributed by atoms with Gasteiger partial charge in [-0.15, -0.1) is 0 Å². The van der Waals surface area contributed by atoms with Crippen LogP contribution >= 0.6 is 0 Å². The third-order valence-corrected chi connectivity index (χ3v) is 5.94. The molecule has 0 aromatic heterocycles. The second-order valence-electron chi connectivity index (χ2n) is 6.81. The Morgan fingerprint density at radius 1 is 1.04 bits per heavy atom. The number of amides is 1. The summed E-state index contributed by atoms with van der Waals surface area (Å²) in [5.41, 5.74) is 3.08. The van der Waals surface area contributed by atoms with Gasteiger partial charge in [0.05, 0.1) is 11.8 Å². The van der Waals surface area contributed by atoms with E-state index in [0.717, 1.165) is 11.1 Å². The average molecular weight is 385 g/mol. The quantitative estimate of drug-likeness (QED) is 0.812. The SMILES string of the molecule is Cc1cc(C)cc(N(C(=O)c2ccc3c(c2)OCO3)[C@@H]2C=CS(=O)(=O)C2)c1. The van der Waals surface area contributed by atoms with E-state index in [-0.39, 0.29) is 18.5 Å². The van der Waals surface area contributed by atoms with E-state index in [0.29, 0.717) is 22.7 Å². The summed E-state index contributed by atoms with van der Waals surface area (Å²) in [4.78, 5) is 14.9. The molecule has 1 amide bonds. The Bertz CT molecular complexity index is 1040. The molecular formula is C20H19NO5S. The Hall–Kier alpha value is -2.80. The lowest BCUT2D eigenvalue weighted by molar-refractivity contribution is 0.0982. The molecule has 6 nitrogen and oxygen atoms in total. The van der Waals surface area contributed by atoms with E-state index < -0.39 is 15.9 Å². The summed E-state index contributed by atoms with van der Waals surface area (Å²) in [6, 6.07) is 10.2. The van der Waals surface area contributed by atoms with Crippen molar-refractivity contribution in [2.24, 2.45) is 0 Å². The largest absolute Gasteiger partial charge is 0.454 e. The third-order valence-electron chi connectivity index (χ3n) is 4.57. The summed E-state index contributed by atoms with van der Waals surface area (Å²) in [6.45, 7) is 4.01. The fourth-order valence-corrected chi connectivity index (χ4v) is 4.71. The van der Waals surface area contributed by atoms with Gasteiger partial charge in [0.2, 0.25) is 6.79 Å². The summed E-state index contributed by atoms with van der Waals surface area (Å²) in [5, 5.41) is 1.18. The Morgan fingerprint density at radius 3 is 2.41 bits per heavy atom. The van der Waals surface area contributed by atoms with Crippen molar-refractivity contribution in [3.05, 3.63) is 64.6 Å². The number of carbonyl (C=O) groups excluding carboxylic acids is 1. The Morgan fingerprint density at radius 2 is 1.74 bits per heavy atom. The number of aryl methyl sites for hydroxylation is 2. The fourth-order valence-electron chi connectivity index (χ4n) is 3.44. The summed E-state index contributed by atoms with van der Waals surface area (Å²) >= 11 is 0. The highest BCUT2D eigenvalue weighted by Crippen LogP contribution is 2.34. The number of rotatable bonds is 3. The first-order valence-electron chi connectivity index (χ1n) is 8.55. The van der Waals surface area contributed by atoms with Crippen LogP contribution in [0.5, 0.6) is 11.5 Å². The van der Waals surface area contributed by atoms with Gasteiger partial charge in [-0.25, -0.2) is 8.42 Å². The van der Waals surface area contributed by atoms with Gasteiger partial charge in [-0.2, -0.15) is 0 Å². The third kappa shape index (κ3) is 3.42. The molecule has 0 saturated heterocycles. The van der Waals surface area contributed by atoms with E-state index in [1.54, 1.807) is 29.2 Å². The lowest BCUT2D eigenvalue weighted by Gasteiger charge is -2.28. The van der Waals surface area contributed by atoms with Gasteiger partial charge in [0.15, 0.2) is 21.3 Å². The Balaban J connectivity index is 1.78. The van der Waals surface area contributed by atoms with Crippen LogP contribution in [-0.2, 0) is 9.84 Å². The van der Waals surface area contributed by atoms with Crippen LogP contribution in [0.15, 0.2) is 47.9 Å². The van der Waals surface area contributed by atoms with E-state index in [1.165, 1.54) is 5.41 Å². The highest BCUT2D eigenvalue weighted by Gasteiger charge is 2.32. The molecule has 1 atom stereocenters. The van der Waals surface area contributed by atoms with Gasteiger partial charge in [-0.1, -0.05) is 6.07 Å². The zero-order chi connectivity index (χ0) is 19.2. The predicted molar refractivity (Wildman–Crippen MR) is 102 cm³/mol. The first-order chi connectivity index (χ1) is 12.8. The molecule has 2 aliphatic heterocycles. The van der Waals surface area contributed by atoms with E-state index in [9.17, 15) is 13.2 Å². The second-order valence-corrected chi connectivity index (χ2v) is 8.75. The molecule has 0 fully saturated rings. The molecule has 2 aliphatic rings. The van der Waals surface area contributed by atoms with Crippen molar-refractivity contribution in [2.75, 3.05) is 17.4 Å². The maximum atomic E-state index is 13.4. The smallest absolute Gasteiger partial charge is 0.258 e. The van der Waals surface area contributed by atoms with Crippen LogP contribution in [0.1, 0.15) is 21.5 Å². The van der Waals surface area contributed by atoms with Crippen molar-refractivity contribution in [2.45, 2.75) is 19.9 Å². The maximum absolute atomic E-state index is 13.4. The van der Waals surface area contributed by atoms with Gasteiger partial charge >= 0.3 is 0 Å². The molecule has 7 heteroatoms. The minimum absolute atomic E-state index is 0.122. The number of fused-ring (bicyclic) bond motifs is 1.